The maximum absolute atomic E-state index is 10.4. The summed E-state index contributed by atoms with van der Waals surface area (Å²) in [6, 6.07) is -0.641. The number of carbonyl (C=O) groups is 3. The van der Waals surface area contributed by atoms with Crippen LogP contribution in [0.5, 0.6) is 0 Å². The molecule has 1 amide bonds. The zero-order valence-corrected chi connectivity index (χ0v) is 12.0. The van der Waals surface area contributed by atoms with Crippen molar-refractivity contribution in [2.24, 2.45) is 0 Å². The smallest absolute Gasteiger partial charge is 0.326 e. The lowest BCUT2D eigenvalue weighted by Crippen LogP contribution is -2.42. The molecule has 2 unspecified atom stereocenters. The SMILES string of the molecule is C[N+](C)(C)CC(O)CC(=O)O.O=C1CCC(C(=O)O)N1. The lowest BCUT2D eigenvalue weighted by Gasteiger charge is -2.25. The summed E-state index contributed by atoms with van der Waals surface area (Å²) in [7, 11) is 5.72. The largest absolute Gasteiger partial charge is 0.481 e. The Labute approximate surface area is 117 Å². The maximum atomic E-state index is 10.4. The van der Waals surface area contributed by atoms with E-state index in [1.165, 1.54) is 0 Å². The molecular formula is C12H23N2O6+. The van der Waals surface area contributed by atoms with Crippen LogP contribution in [0.1, 0.15) is 19.3 Å². The van der Waals surface area contributed by atoms with Gasteiger partial charge in [-0.2, -0.15) is 0 Å². The third kappa shape index (κ3) is 9.29. The monoisotopic (exact) mass is 291 g/mol. The quantitative estimate of drug-likeness (QED) is 0.476. The molecule has 0 bridgehead atoms. The number of rotatable bonds is 5. The fourth-order valence-corrected chi connectivity index (χ4v) is 1.70. The van der Waals surface area contributed by atoms with Crippen molar-refractivity contribution in [2.45, 2.75) is 31.4 Å². The number of amides is 1. The number of carboxylic acids is 2. The number of aliphatic hydroxyl groups excluding tert-OH is 1. The van der Waals surface area contributed by atoms with Gasteiger partial charge >= 0.3 is 11.9 Å². The van der Waals surface area contributed by atoms with Crippen molar-refractivity contribution in [2.75, 3.05) is 27.7 Å². The van der Waals surface area contributed by atoms with E-state index in [-0.39, 0.29) is 12.3 Å². The molecule has 4 N–H and O–H groups in total. The third-order valence-electron chi connectivity index (χ3n) is 2.46. The van der Waals surface area contributed by atoms with Crippen LogP contribution in [-0.2, 0) is 14.4 Å². The van der Waals surface area contributed by atoms with E-state index in [0.29, 0.717) is 23.9 Å². The highest BCUT2D eigenvalue weighted by Gasteiger charge is 2.26. The van der Waals surface area contributed by atoms with Crippen molar-refractivity contribution >= 4 is 17.8 Å². The number of hydrogen-bond donors (Lipinski definition) is 4. The van der Waals surface area contributed by atoms with Gasteiger partial charge in [-0.25, -0.2) is 4.79 Å². The van der Waals surface area contributed by atoms with Crippen molar-refractivity contribution in [1.29, 1.82) is 0 Å². The Morgan fingerprint density at radius 2 is 1.90 bits per heavy atom. The molecule has 8 heteroatoms. The lowest BCUT2D eigenvalue weighted by atomic mass is 10.2. The second kappa shape index (κ2) is 7.81. The number of hydrogen-bond acceptors (Lipinski definition) is 4. The van der Waals surface area contributed by atoms with Gasteiger partial charge in [0.05, 0.1) is 27.6 Å². The van der Waals surface area contributed by atoms with E-state index in [1.54, 1.807) is 0 Å². The van der Waals surface area contributed by atoms with Crippen LogP contribution < -0.4 is 5.32 Å². The van der Waals surface area contributed by atoms with E-state index in [4.69, 9.17) is 15.3 Å². The summed E-state index contributed by atoms with van der Waals surface area (Å²) in [4.78, 5) is 30.6. The molecule has 1 fully saturated rings. The summed E-state index contributed by atoms with van der Waals surface area (Å²) in [5.74, 6) is -2.06. The van der Waals surface area contributed by atoms with Crippen LogP contribution in [0.25, 0.3) is 0 Å². The van der Waals surface area contributed by atoms with Crippen molar-refractivity contribution in [3.05, 3.63) is 0 Å². The third-order valence-corrected chi connectivity index (χ3v) is 2.46. The molecule has 116 valence electrons. The highest BCUT2D eigenvalue weighted by atomic mass is 16.4. The summed E-state index contributed by atoms with van der Waals surface area (Å²) in [5.41, 5.74) is 0. The van der Waals surface area contributed by atoms with Crippen molar-refractivity contribution in [1.82, 2.24) is 5.32 Å². The van der Waals surface area contributed by atoms with Crippen LogP contribution >= 0.6 is 0 Å². The fraction of sp³-hybridized carbons (Fsp3) is 0.750. The molecule has 0 aliphatic carbocycles. The van der Waals surface area contributed by atoms with Crippen LogP contribution in [0, 0.1) is 0 Å². The second-order valence-corrected chi connectivity index (χ2v) is 5.72. The normalized spacial score (nSPS) is 19.6. The number of nitrogens with one attached hydrogen (secondary N) is 1. The van der Waals surface area contributed by atoms with Gasteiger partial charge in [0, 0.05) is 6.42 Å². The van der Waals surface area contributed by atoms with Gasteiger partial charge in [0.25, 0.3) is 0 Å². The summed E-state index contributed by atoms with van der Waals surface area (Å²) in [6.45, 7) is 0.465. The van der Waals surface area contributed by atoms with E-state index >= 15 is 0 Å². The van der Waals surface area contributed by atoms with Gasteiger partial charge in [-0.3, -0.25) is 9.59 Å². The van der Waals surface area contributed by atoms with Gasteiger partial charge in [-0.15, -0.1) is 0 Å². The minimum atomic E-state index is -0.953. The number of aliphatic hydroxyl groups is 1. The molecule has 0 aromatic rings. The number of carboxylic acid groups (broad SMARTS) is 2. The molecule has 20 heavy (non-hydrogen) atoms. The van der Waals surface area contributed by atoms with E-state index < -0.39 is 24.1 Å². The van der Waals surface area contributed by atoms with Crippen LogP contribution in [-0.4, -0.2) is 77.5 Å². The Hall–Kier alpha value is -1.67. The molecule has 1 rings (SSSR count). The second-order valence-electron chi connectivity index (χ2n) is 5.72. The average molecular weight is 291 g/mol. The molecule has 2 atom stereocenters. The van der Waals surface area contributed by atoms with Crippen LogP contribution in [0.15, 0.2) is 0 Å². The number of nitrogens with zero attached hydrogens (tertiary/aromatic N) is 1. The zero-order chi connectivity index (χ0) is 15.9. The molecule has 1 heterocycles. The van der Waals surface area contributed by atoms with Gasteiger partial charge in [0.2, 0.25) is 5.91 Å². The first-order valence-electron chi connectivity index (χ1n) is 6.23. The summed E-state index contributed by atoms with van der Waals surface area (Å²) >= 11 is 0. The molecular weight excluding hydrogens is 268 g/mol. The molecule has 1 saturated heterocycles. The average Bonchev–Trinajstić information content (AvgIpc) is 2.61. The van der Waals surface area contributed by atoms with Crippen LogP contribution in [0.2, 0.25) is 0 Å². The maximum Gasteiger partial charge on any atom is 0.326 e. The fourth-order valence-electron chi connectivity index (χ4n) is 1.70. The minimum absolute atomic E-state index is 0.164. The molecule has 0 saturated carbocycles. The van der Waals surface area contributed by atoms with Gasteiger partial charge in [0.15, 0.2) is 0 Å². The topological polar surface area (TPSA) is 124 Å². The Kier molecular flexibility index (Phi) is 7.16. The van der Waals surface area contributed by atoms with E-state index in [1.807, 2.05) is 21.1 Å². The molecule has 0 aromatic carbocycles. The number of likely N-dealkylation sites (N-methyl/N-ethyl adjacent to an activating group) is 1. The minimum Gasteiger partial charge on any atom is -0.481 e. The molecule has 0 aromatic heterocycles. The highest BCUT2D eigenvalue weighted by Crippen LogP contribution is 2.05. The first-order chi connectivity index (χ1) is 9.01. The number of quaternary nitrogens is 1. The van der Waals surface area contributed by atoms with Crippen LogP contribution in [0.3, 0.4) is 0 Å². The van der Waals surface area contributed by atoms with Crippen molar-refractivity contribution in [3.8, 4) is 0 Å². The molecule has 0 radical (unpaired) electrons. The van der Waals surface area contributed by atoms with Gasteiger partial charge in [-0.1, -0.05) is 0 Å². The lowest BCUT2D eigenvalue weighted by molar-refractivity contribution is -0.873. The first-order valence-corrected chi connectivity index (χ1v) is 6.23. The van der Waals surface area contributed by atoms with E-state index in [9.17, 15) is 14.4 Å². The van der Waals surface area contributed by atoms with Gasteiger partial charge < -0.3 is 25.1 Å². The summed E-state index contributed by atoms with van der Waals surface area (Å²) in [6.07, 6.45) is -0.145. The predicted molar refractivity (Wildman–Crippen MR) is 70.0 cm³/mol. The standard InChI is InChI=1S/C7H15NO3.C5H7NO3/c1-8(2,3)5-6(9)4-7(10)11;7-4-2-1-3(6-4)5(8)9/h6,9H,4-5H2,1-3H3;3H,1-2H2,(H,6,7)(H,8,9)/p+1. The predicted octanol–water partition coefficient (Wildman–Crippen LogP) is -1.12. The highest BCUT2D eigenvalue weighted by molar-refractivity contribution is 5.87. The van der Waals surface area contributed by atoms with Crippen molar-refractivity contribution in [3.63, 3.8) is 0 Å². The molecule has 1 aliphatic rings. The van der Waals surface area contributed by atoms with E-state index in [0.717, 1.165) is 0 Å². The Balaban J connectivity index is 0.000000367. The van der Waals surface area contributed by atoms with Gasteiger partial charge in [0.1, 0.15) is 18.7 Å². The molecule has 8 nitrogen and oxygen atoms in total. The Bertz CT molecular complexity index is 363. The Morgan fingerprint density at radius 3 is 2.15 bits per heavy atom. The number of carbonyl (C=O) groups excluding carboxylic acids is 1. The van der Waals surface area contributed by atoms with Gasteiger partial charge in [-0.05, 0) is 6.42 Å². The van der Waals surface area contributed by atoms with Crippen LogP contribution in [0.4, 0.5) is 0 Å². The summed E-state index contributed by atoms with van der Waals surface area (Å²) in [5, 5.41) is 28.1. The first kappa shape index (κ1) is 18.3. The van der Waals surface area contributed by atoms with Crippen molar-refractivity contribution < 1.29 is 34.2 Å². The van der Waals surface area contributed by atoms with E-state index in [2.05, 4.69) is 5.32 Å². The Morgan fingerprint density at radius 1 is 1.35 bits per heavy atom. The number of aliphatic carboxylic acids is 2. The zero-order valence-electron chi connectivity index (χ0n) is 12.0. The summed E-state index contributed by atoms with van der Waals surface area (Å²) < 4.78 is 0.578. The molecule has 1 aliphatic heterocycles. The molecule has 0 spiro atoms.